The number of H-pyrrole nitrogens is 1. The minimum absolute atomic E-state index is 0.133. The van der Waals surface area contributed by atoms with Gasteiger partial charge in [0.15, 0.2) is 6.73 Å². The lowest BCUT2D eigenvalue weighted by Gasteiger charge is -2.31. The van der Waals surface area contributed by atoms with Crippen LogP contribution in [0.15, 0.2) is 30.5 Å². The first-order valence-corrected chi connectivity index (χ1v) is 8.89. The summed E-state index contributed by atoms with van der Waals surface area (Å²) in [7, 11) is -3.99. The summed E-state index contributed by atoms with van der Waals surface area (Å²) < 4.78 is 74.1. The zero-order valence-corrected chi connectivity index (χ0v) is 13.6. The van der Waals surface area contributed by atoms with Crippen molar-refractivity contribution in [1.82, 2.24) is 4.98 Å². The Morgan fingerprint density at radius 2 is 2.13 bits per heavy atom. The molecule has 1 aliphatic heterocycles. The molecule has 7 heteroatoms. The number of nitrogens with one attached hydrogen (secondary N) is 1. The Morgan fingerprint density at radius 3 is 2.91 bits per heavy atom. The van der Waals surface area contributed by atoms with E-state index in [1.165, 1.54) is 0 Å². The van der Waals surface area contributed by atoms with Gasteiger partial charge in [0.05, 0.1) is 41.9 Å². The van der Waals surface area contributed by atoms with Crippen LogP contribution in [0, 0.1) is 0 Å². The molecule has 1 aromatic heterocycles. The Balaban J connectivity index is 1.88. The summed E-state index contributed by atoms with van der Waals surface area (Å²) in [6.07, 6.45) is 2.41. The van der Waals surface area contributed by atoms with Gasteiger partial charge in [0.1, 0.15) is 0 Å². The van der Waals surface area contributed by atoms with E-state index >= 15 is 0 Å². The predicted octanol–water partition coefficient (Wildman–Crippen LogP) is 3.31. The summed E-state index contributed by atoms with van der Waals surface area (Å²) in [6, 6.07) is 7.46. The fraction of sp³-hybridized carbons (Fsp3) is 0.500. The van der Waals surface area contributed by atoms with Crippen LogP contribution in [0.3, 0.4) is 0 Å². The lowest BCUT2D eigenvalue weighted by atomic mass is 10.1. The Labute approximate surface area is 145 Å². The van der Waals surface area contributed by atoms with E-state index in [4.69, 9.17) is 21.8 Å². The average Bonchev–Trinajstić information content (AvgIpc) is 3.03. The van der Waals surface area contributed by atoms with Crippen molar-refractivity contribution in [2.24, 2.45) is 0 Å². The number of quaternary nitrogens is 1. The van der Waals surface area contributed by atoms with Crippen molar-refractivity contribution in [2.45, 2.75) is 12.8 Å². The molecule has 0 saturated carbocycles. The maximum atomic E-state index is 12.5. The summed E-state index contributed by atoms with van der Waals surface area (Å²) >= 11 is 0. The molecule has 1 aromatic carbocycles. The van der Waals surface area contributed by atoms with Crippen LogP contribution in [0.5, 0.6) is 0 Å². The number of benzene rings is 1. The highest BCUT2D eigenvalue weighted by molar-refractivity contribution is 7.48. The maximum Gasteiger partial charge on any atom is 0.479 e. The number of para-hydroxylation sites is 1. The minimum Gasteiger partial charge on any atom is -0.361 e. The summed E-state index contributed by atoms with van der Waals surface area (Å²) in [6.45, 7) is -6.78. The molecule has 0 aliphatic carbocycles. The van der Waals surface area contributed by atoms with Crippen LogP contribution in [-0.4, -0.2) is 49.9 Å². The predicted molar refractivity (Wildman–Crippen MR) is 89.1 cm³/mol. The Bertz CT molecular complexity index is 873. The molecule has 3 rings (SSSR count). The standard InChI is InChI=1S/C16H24N2O4P/c1-18(2,13-22-23(19)20-10-5-11-21-23)9-8-14-12-17-16-7-4-3-6-15(14)16/h3-4,6-7,12,17H,5,8-11,13H2,1-2H3/q+1/i1D3,2D3. The molecule has 0 bridgehead atoms. The lowest BCUT2D eigenvalue weighted by molar-refractivity contribution is -0.906. The fourth-order valence-corrected chi connectivity index (χ4v) is 3.67. The van der Waals surface area contributed by atoms with Gasteiger partial charge in [-0.15, -0.1) is 0 Å². The monoisotopic (exact) mass is 345 g/mol. The van der Waals surface area contributed by atoms with Gasteiger partial charge in [-0.25, -0.2) is 9.09 Å². The third-order valence-electron chi connectivity index (χ3n) is 3.66. The molecular formula is C16H24N2O4P+. The van der Waals surface area contributed by atoms with E-state index in [1.807, 2.05) is 24.3 Å². The van der Waals surface area contributed by atoms with Gasteiger partial charge >= 0.3 is 7.82 Å². The highest BCUT2D eigenvalue weighted by atomic mass is 31.2. The Kier molecular flexibility index (Phi) is 3.12. The quantitative estimate of drug-likeness (QED) is 0.496. The highest BCUT2D eigenvalue weighted by Gasteiger charge is 2.32. The van der Waals surface area contributed by atoms with Gasteiger partial charge in [0.25, 0.3) is 0 Å². The van der Waals surface area contributed by atoms with Crippen LogP contribution in [0.1, 0.15) is 20.2 Å². The molecule has 0 radical (unpaired) electrons. The van der Waals surface area contributed by atoms with E-state index < -0.39 is 33.0 Å². The average molecular weight is 345 g/mol. The molecule has 0 amide bonds. The highest BCUT2D eigenvalue weighted by Crippen LogP contribution is 2.51. The van der Waals surface area contributed by atoms with E-state index in [0.717, 1.165) is 16.5 Å². The van der Waals surface area contributed by atoms with E-state index in [0.29, 0.717) is 6.42 Å². The van der Waals surface area contributed by atoms with Crippen LogP contribution in [-0.2, 0) is 24.6 Å². The number of hydrogen-bond acceptors (Lipinski definition) is 4. The van der Waals surface area contributed by atoms with Crippen molar-refractivity contribution in [3.63, 3.8) is 0 Å². The second kappa shape index (κ2) is 6.75. The summed E-state index contributed by atoms with van der Waals surface area (Å²) in [5.41, 5.74) is 1.65. The number of aromatic amines is 1. The SMILES string of the molecule is [2H]C([2H])([2H])[N+](CCc1c[nH]c2ccccc12)(COP1(=O)OCCCO1)C([2H])([2H])[2H]. The van der Waals surface area contributed by atoms with Gasteiger partial charge in [-0.2, -0.15) is 0 Å². The van der Waals surface area contributed by atoms with Crippen molar-refractivity contribution in [3.05, 3.63) is 36.0 Å². The van der Waals surface area contributed by atoms with Crippen LogP contribution < -0.4 is 0 Å². The van der Waals surface area contributed by atoms with Crippen LogP contribution >= 0.6 is 7.82 Å². The molecule has 1 N–H and O–H groups in total. The van der Waals surface area contributed by atoms with Crippen molar-refractivity contribution >= 4 is 18.7 Å². The van der Waals surface area contributed by atoms with Gasteiger partial charge in [0, 0.05) is 23.5 Å². The van der Waals surface area contributed by atoms with Crippen molar-refractivity contribution < 1.29 is 30.8 Å². The molecule has 0 atom stereocenters. The van der Waals surface area contributed by atoms with Gasteiger partial charge in [-0.3, -0.25) is 9.05 Å². The van der Waals surface area contributed by atoms with E-state index in [9.17, 15) is 4.57 Å². The topological polar surface area (TPSA) is 60.6 Å². The van der Waals surface area contributed by atoms with Crippen LogP contribution in [0.2, 0.25) is 0 Å². The maximum absolute atomic E-state index is 12.5. The second-order valence-corrected chi connectivity index (χ2v) is 7.20. The Morgan fingerprint density at radius 1 is 1.35 bits per heavy atom. The first-order chi connectivity index (χ1) is 13.5. The number of rotatable bonds is 6. The summed E-state index contributed by atoms with van der Waals surface area (Å²) in [5.74, 6) is 0. The molecule has 1 fully saturated rings. The summed E-state index contributed by atoms with van der Waals surface area (Å²) in [4.78, 5) is 3.09. The zero-order valence-electron chi connectivity index (χ0n) is 18.7. The number of phosphoric ester groups is 1. The van der Waals surface area contributed by atoms with Gasteiger partial charge < -0.3 is 9.47 Å². The molecule has 0 unspecified atom stereocenters. The molecule has 2 aromatic rings. The van der Waals surface area contributed by atoms with Gasteiger partial charge in [-0.1, -0.05) is 18.2 Å². The molecule has 23 heavy (non-hydrogen) atoms. The first-order valence-electron chi connectivity index (χ1n) is 10.4. The van der Waals surface area contributed by atoms with Crippen molar-refractivity contribution in [3.8, 4) is 0 Å². The van der Waals surface area contributed by atoms with E-state index in [1.54, 1.807) is 6.20 Å². The third-order valence-corrected chi connectivity index (χ3v) is 5.09. The first kappa shape index (κ1) is 10.6. The number of nitrogens with zero attached hydrogens (tertiary/aromatic N) is 1. The minimum atomic E-state index is -3.99. The van der Waals surface area contributed by atoms with Gasteiger partial charge in [-0.05, 0) is 18.1 Å². The second-order valence-electron chi connectivity index (χ2n) is 5.53. The molecule has 1 saturated heterocycles. The normalized spacial score (nSPS) is 23.3. The Hall–Kier alpha value is -1.17. The van der Waals surface area contributed by atoms with Crippen LogP contribution in [0.25, 0.3) is 10.9 Å². The molecule has 126 valence electrons. The molecular weight excluding hydrogens is 315 g/mol. The summed E-state index contributed by atoms with van der Waals surface area (Å²) in [5, 5.41) is 0.884. The lowest BCUT2D eigenvalue weighted by Crippen LogP contribution is -2.43. The van der Waals surface area contributed by atoms with Crippen molar-refractivity contribution in [2.75, 3.05) is 40.4 Å². The largest absolute Gasteiger partial charge is 0.479 e. The third kappa shape index (κ3) is 4.22. The van der Waals surface area contributed by atoms with E-state index in [-0.39, 0.29) is 26.2 Å². The molecule has 1 aliphatic rings. The molecule has 2 heterocycles. The number of aromatic nitrogens is 1. The number of hydrogen-bond donors (Lipinski definition) is 1. The number of likely N-dealkylation sites (N-methyl/N-ethyl adjacent to an activating group) is 1. The molecule has 0 spiro atoms. The van der Waals surface area contributed by atoms with Crippen molar-refractivity contribution in [1.29, 1.82) is 0 Å². The molecule has 6 nitrogen and oxygen atoms in total. The number of fused-ring (bicyclic) bond motifs is 1. The van der Waals surface area contributed by atoms with Crippen LogP contribution in [0.4, 0.5) is 0 Å². The number of phosphoric acid groups is 1. The zero-order chi connectivity index (χ0) is 21.3. The fourth-order valence-electron chi connectivity index (χ4n) is 2.41. The smallest absolute Gasteiger partial charge is 0.361 e. The van der Waals surface area contributed by atoms with E-state index in [2.05, 4.69) is 4.98 Å². The van der Waals surface area contributed by atoms with Gasteiger partial charge in [0.2, 0.25) is 0 Å².